The van der Waals surface area contributed by atoms with Crippen molar-refractivity contribution in [3.63, 3.8) is 0 Å². The molecule has 0 aliphatic rings. The Hall–Kier alpha value is -1.79. The predicted molar refractivity (Wildman–Crippen MR) is 70.0 cm³/mol. The van der Waals surface area contributed by atoms with Crippen molar-refractivity contribution in [1.29, 1.82) is 0 Å². The van der Waals surface area contributed by atoms with E-state index < -0.39 is 18.0 Å². The smallest absolute Gasteiger partial charge is 0.326 e. The van der Waals surface area contributed by atoms with Gasteiger partial charge in [0.25, 0.3) is 0 Å². The van der Waals surface area contributed by atoms with Crippen molar-refractivity contribution in [2.24, 2.45) is 0 Å². The van der Waals surface area contributed by atoms with Gasteiger partial charge in [0, 0.05) is 24.6 Å². The number of urea groups is 1. The number of aliphatic carboxylic acids is 1. The van der Waals surface area contributed by atoms with E-state index >= 15 is 0 Å². The van der Waals surface area contributed by atoms with Gasteiger partial charge in [-0.15, -0.1) is 0 Å². The van der Waals surface area contributed by atoms with Crippen LogP contribution in [0.25, 0.3) is 0 Å². The summed E-state index contributed by atoms with van der Waals surface area (Å²) in [6.07, 6.45) is -0.0380. The van der Waals surface area contributed by atoms with Crippen LogP contribution in [0.5, 0.6) is 0 Å². The Labute approximate surface area is 115 Å². The number of halogens is 1. The summed E-state index contributed by atoms with van der Waals surface area (Å²) in [6, 6.07) is 5.20. The highest BCUT2D eigenvalue weighted by atomic mass is 35.5. The Morgan fingerprint density at radius 3 is 2.42 bits per heavy atom. The molecule has 0 aliphatic heterocycles. The fraction of sp³-hybridized carbons (Fsp3) is 0.333. The first kappa shape index (κ1) is 15.3. The summed E-state index contributed by atoms with van der Waals surface area (Å²) in [5, 5.41) is 22.9. The lowest BCUT2D eigenvalue weighted by Gasteiger charge is -2.14. The molecule has 0 radical (unpaired) electrons. The number of carbonyl (C=O) groups is 2. The second-order valence-electron chi connectivity index (χ2n) is 3.86. The molecule has 1 atom stereocenters. The number of carbonyl (C=O) groups excluding carboxylic acids is 1. The highest BCUT2D eigenvalue weighted by Gasteiger charge is 2.18. The minimum Gasteiger partial charge on any atom is -0.480 e. The molecular formula is C12H15ClN2O4. The van der Waals surface area contributed by atoms with Gasteiger partial charge in [-0.3, -0.25) is 0 Å². The summed E-state index contributed by atoms with van der Waals surface area (Å²) < 4.78 is 0. The number of amides is 2. The van der Waals surface area contributed by atoms with E-state index in [0.717, 1.165) is 5.56 Å². The van der Waals surface area contributed by atoms with Gasteiger partial charge in [-0.2, -0.15) is 0 Å². The number of nitrogens with one attached hydrogen (secondary N) is 2. The van der Waals surface area contributed by atoms with Crippen LogP contribution >= 0.6 is 11.6 Å². The summed E-state index contributed by atoms with van der Waals surface area (Å²) in [7, 11) is 0. The van der Waals surface area contributed by atoms with E-state index in [4.69, 9.17) is 21.8 Å². The molecule has 104 valence electrons. The Morgan fingerprint density at radius 1 is 1.26 bits per heavy atom. The van der Waals surface area contributed by atoms with Crippen LogP contribution in [0.2, 0.25) is 5.02 Å². The van der Waals surface area contributed by atoms with Gasteiger partial charge < -0.3 is 20.8 Å². The molecule has 0 fully saturated rings. The van der Waals surface area contributed by atoms with Crippen LogP contribution in [0, 0.1) is 0 Å². The average molecular weight is 287 g/mol. The van der Waals surface area contributed by atoms with Crippen molar-refractivity contribution < 1.29 is 19.8 Å². The molecule has 1 aromatic rings. The molecule has 0 bridgehead atoms. The summed E-state index contributed by atoms with van der Waals surface area (Å²) >= 11 is 5.72. The maximum absolute atomic E-state index is 11.5. The van der Waals surface area contributed by atoms with E-state index in [-0.39, 0.29) is 19.6 Å². The number of benzene rings is 1. The molecule has 6 nitrogen and oxygen atoms in total. The fourth-order valence-electron chi connectivity index (χ4n) is 1.38. The Bertz CT molecular complexity index is 436. The molecule has 19 heavy (non-hydrogen) atoms. The standard InChI is InChI=1S/C12H15ClN2O4/c13-9-3-1-8(2-4-9)7-14-12(19)15-10(5-6-16)11(17)18/h1-4,10,16H,5-7H2,(H,17,18)(H2,14,15,19)/t10-/m1/s1. The molecule has 0 spiro atoms. The predicted octanol–water partition coefficient (Wildman–Crippen LogP) is 0.975. The van der Waals surface area contributed by atoms with Crippen molar-refractivity contribution in [1.82, 2.24) is 10.6 Å². The summed E-state index contributed by atoms with van der Waals surface area (Å²) in [5.41, 5.74) is 0.841. The summed E-state index contributed by atoms with van der Waals surface area (Å²) in [5.74, 6) is -1.18. The summed E-state index contributed by atoms with van der Waals surface area (Å²) in [4.78, 5) is 22.2. The SMILES string of the molecule is O=C(NCc1ccc(Cl)cc1)N[C@H](CCO)C(=O)O. The lowest BCUT2D eigenvalue weighted by atomic mass is 10.2. The van der Waals surface area contributed by atoms with Crippen molar-refractivity contribution in [2.45, 2.75) is 19.0 Å². The van der Waals surface area contributed by atoms with Crippen molar-refractivity contribution >= 4 is 23.6 Å². The highest BCUT2D eigenvalue weighted by Crippen LogP contribution is 2.08. The lowest BCUT2D eigenvalue weighted by molar-refractivity contribution is -0.139. The van der Waals surface area contributed by atoms with Crippen LogP contribution in [0.3, 0.4) is 0 Å². The van der Waals surface area contributed by atoms with Crippen molar-refractivity contribution in [2.75, 3.05) is 6.61 Å². The molecule has 1 aromatic carbocycles. The first-order valence-electron chi connectivity index (χ1n) is 5.65. The Morgan fingerprint density at radius 2 is 1.89 bits per heavy atom. The molecule has 0 aromatic heterocycles. The Balaban J connectivity index is 2.42. The third kappa shape index (κ3) is 5.58. The normalized spacial score (nSPS) is 11.7. The van der Waals surface area contributed by atoms with E-state index in [1.165, 1.54) is 0 Å². The molecule has 0 saturated carbocycles. The minimum atomic E-state index is -1.18. The van der Waals surface area contributed by atoms with Gasteiger partial charge in [-0.1, -0.05) is 23.7 Å². The van der Waals surface area contributed by atoms with E-state index in [1.807, 2.05) is 0 Å². The quantitative estimate of drug-likeness (QED) is 0.626. The maximum Gasteiger partial charge on any atom is 0.326 e. The molecule has 1 rings (SSSR count). The molecular weight excluding hydrogens is 272 g/mol. The number of carboxylic acid groups (broad SMARTS) is 1. The number of rotatable bonds is 6. The fourth-order valence-corrected chi connectivity index (χ4v) is 1.51. The molecule has 7 heteroatoms. The first-order valence-corrected chi connectivity index (χ1v) is 6.03. The van der Waals surface area contributed by atoms with Gasteiger partial charge >= 0.3 is 12.0 Å². The zero-order valence-corrected chi connectivity index (χ0v) is 10.9. The van der Waals surface area contributed by atoms with E-state index in [2.05, 4.69) is 10.6 Å². The van der Waals surface area contributed by atoms with Crippen LogP contribution in [-0.4, -0.2) is 34.9 Å². The van der Waals surface area contributed by atoms with Crippen LogP contribution in [0.15, 0.2) is 24.3 Å². The molecule has 0 aliphatic carbocycles. The van der Waals surface area contributed by atoms with Crippen LogP contribution in [0.1, 0.15) is 12.0 Å². The van der Waals surface area contributed by atoms with Crippen molar-refractivity contribution in [3.8, 4) is 0 Å². The van der Waals surface area contributed by atoms with Gasteiger partial charge in [-0.25, -0.2) is 9.59 Å². The first-order chi connectivity index (χ1) is 9.02. The van der Waals surface area contributed by atoms with Gasteiger partial charge in [0.05, 0.1) is 0 Å². The second-order valence-corrected chi connectivity index (χ2v) is 4.29. The molecule has 2 amide bonds. The number of hydrogen-bond acceptors (Lipinski definition) is 3. The number of carboxylic acids is 1. The largest absolute Gasteiger partial charge is 0.480 e. The van der Waals surface area contributed by atoms with Gasteiger partial charge in [0.15, 0.2) is 0 Å². The third-order valence-corrected chi connectivity index (χ3v) is 2.64. The monoisotopic (exact) mass is 286 g/mol. The zero-order valence-electron chi connectivity index (χ0n) is 10.1. The van der Waals surface area contributed by atoms with Crippen molar-refractivity contribution in [3.05, 3.63) is 34.9 Å². The average Bonchev–Trinajstić information content (AvgIpc) is 2.37. The molecule has 4 N–H and O–H groups in total. The maximum atomic E-state index is 11.5. The van der Waals surface area contributed by atoms with Crippen LogP contribution in [0.4, 0.5) is 4.79 Å². The van der Waals surface area contributed by atoms with Gasteiger partial charge in [0.2, 0.25) is 0 Å². The van der Waals surface area contributed by atoms with Gasteiger partial charge in [0.1, 0.15) is 6.04 Å². The highest BCUT2D eigenvalue weighted by molar-refractivity contribution is 6.30. The van der Waals surface area contributed by atoms with Crippen LogP contribution in [-0.2, 0) is 11.3 Å². The topological polar surface area (TPSA) is 98.7 Å². The van der Waals surface area contributed by atoms with E-state index in [0.29, 0.717) is 5.02 Å². The third-order valence-electron chi connectivity index (χ3n) is 2.39. The number of hydrogen-bond donors (Lipinski definition) is 4. The second kappa shape index (κ2) is 7.60. The lowest BCUT2D eigenvalue weighted by Crippen LogP contribution is -2.46. The van der Waals surface area contributed by atoms with E-state index in [1.54, 1.807) is 24.3 Å². The van der Waals surface area contributed by atoms with Crippen LogP contribution < -0.4 is 10.6 Å². The Kier molecular flexibility index (Phi) is 6.11. The number of aliphatic hydroxyl groups is 1. The van der Waals surface area contributed by atoms with E-state index in [9.17, 15) is 9.59 Å². The molecule has 0 saturated heterocycles. The minimum absolute atomic E-state index is 0.0380. The summed E-state index contributed by atoms with van der Waals surface area (Å²) in [6.45, 7) is -0.0527. The molecule has 0 unspecified atom stereocenters. The van der Waals surface area contributed by atoms with Gasteiger partial charge in [-0.05, 0) is 17.7 Å². The number of aliphatic hydroxyl groups excluding tert-OH is 1. The zero-order chi connectivity index (χ0) is 14.3. The molecule has 0 heterocycles.